The number of aryl methyl sites for hydroxylation is 1. The second-order valence-corrected chi connectivity index (χ2v) is 6.99. The summed E-state index contributed by atoms with van der Waals surface area (Å²) >= 11 is 1.65. The van der Waals surface area contributed by atoms with Crippen LogP contribution >= 0.6 is 11.3 Å². The summed E-state index contributed by atoms with van der Waals surface area (Å²) in [5, 5.41) is 9.56. The molecule has 8 heteroatoms. The van der Waals surface area contributed by atoms with E-state index in [-0.39, 0.29) is 5.91 Å². The van der Waals surface area contributed by atoms with Crippen LogP contribution in [0.1, 0.15) is 16.1 Å². The average Bonchev–Trinajstić information content (AvgIpc) is 3.36. The Balaban J connectivity index is 1.66. The van der Waals surface area contributed by atoms with E-state index in [9.17, 15) is 4.79 Å². The largest absolute Gasteiger partial charge is 0.493 e. The lowest BCUT2D eigenvalue weighted by Gasteiger charge is -2.14. The zero-order valence-corrected chi connectivity index (χ0v) is 17.1. The number of nitrogens with zero attached hydrogens (tertiary/aromatic N) is 2. The number of thiophene rings is 1. The molecule has 0 aliphatic heterocycles. The molecule has 28 heavy (non-hydrogen) atoms. The van der Waals surface area contributed by atoms with Gasteiger partial charge in [-0.2, -0.15) is 5.10 Å². The number of carbonyl (C=O) groups is 1. The van der Waals surface area contributed by atoms with Crippen LogP contribution in [0.3, 0.4) is 0 Å². The predicted octanol–water partition coefficient (Wildman–Crippen LogP) is 3.38. The molecule has 0 saturated carbocycles. The van der Waals surface area contributed by atoms with Crippen molar-refractivity contribution in [2.24, 2.45) is 0 Å². The third-order valence-electron chi connectivity index (χ3n) is 4.29. The summed E-state index contributed by atoms with van der Waals surface area (Å²) in [7, 11) is 4.56. The maximum absolute atomic E-state index is 12.6. The standard InChI is InChI=1S/C20H23N3O4S/c1-13-10-15(18-6-5-9-28-18)22-23(13)8-7-21-20(24)14-11-16(25-2)19(27-4)17(12-14)26-3/h5-6,9-12H,7-8H2,1-4H3,(H,21,24). The number of nitrogens with one attached hydrogen (secondary N) is 1. The summed E-state index contributed by atoms with van der Waals surface area (Å²) in [5.74, 6) is 1.11. The van der Waals surface area contributed by atoms with Crippen LogP contribution in [-0.4, -0.2) is 43.6 Å². The van der Waals surface area contributed by atoms with Crippen LogP contribution < -0.4 is 19.5 Å². The normalized spacial score (nSPS) is 10.6. The zero-order chi connectivity index (χ0) is 20.1. The Morgan fingerprint density at radius 3 is 2.43 bits per heavy atom. The Morgan fingerprint density at radius 1 is 1.14 bits per heavy atom. The van der Waals surface area contributed by atoms with Crippen LogP contribution in [0.2, 0.25) is 0 Å². The number of benzene rings is 1. The van der Waals surface area contributed by atoms with Gasteiger partial charge in [-0.25, -0.2) is 0 Å². The van der Waals surface area contributed by atoms with Gasteiger partial charge in [-0.1, -0.05) is 6.07 Å². The number of rotatable bonds is 8. The fourth-order valence-electron chi connectivity index (χ4n) is 2.87. The van der Waals surface area contributed by atoms with E-state index in [1.807, 2.05) is 35.2 Å². The Bertz CT molecular complexity index is 926. The van der Waals surface area contributed by atoms with Crippen molar-refractivity contribution in [2.45, 2.75) is 13.5 Å². The number of methoxy groups -OCH3 is 3. The van der Waals surface area contributed by atoms with Gasteiger partial charge >= 0.3 is 0 Å². The molecule has 1 aromatic carbocycles. The van der Waals surface area contributed by atoms with E-state index in [1.165, 1.54) is 21.3 Å². The lowest BCUT2D eigenvalue weighted by molar-refractivity contribution is 0.0951. The number of carbonyl (C=O) groups excluding carboxylic acids is 1. The van der Waals surface area contributed by atoms with Gasteiger partial charge in [0, 0.05) is 17.8 Å². The van der Waals surface area contributed by atoms with Crippen LogP contribution in [0.25, 0.3) is 10.6 Å². The van der Waals surface area contributed by atoms with Crippen LogP contribution in [0.4, 0.5) is 0 Å². The molecule has 2 heterocycles. The molecule has 148 valence electrons. The molecule has 0 unspecified atom stereocenters. The molecule has 3 aromatic rings. The molecule has 0 atom stereocenters. The summed E-state index contributed by atoms with van der Waals surface area (Å²) in [6.45, 7) is 3.03. The molecular weight excluding hydrogens is 378 g/mol. The third kappa shape index (κ3) is 4.12. The Hall–Kier alpha value is -3.00. The number of hydrogen-bond acceptors (Lipinski definition) is 6. The Labute approximate surface area is 167 Å². The molecule has 1 amide bonds. The van der Waals surface area contributed by atoms with Gasteiger partial charge in [0.15, 0.2) is 11.5 Å². The minimum atomic E-state index is -0.220. The summed E-state index contributed by atoms with van der Waals surface area (Å²) in [6.07, 6.45) is 0. The average molecular weight is 401 g/mol. The van der Waals surface area contributed by atoms with Gasteiger partial charge in [-0.05, 0) is 36.6 Å². The monoisotopic (exact) mass is 401 g/mol. The van der Waals surface area contributed by atoms with E-state index in [0.717, 1.165) is 16.3 Å². The highest BCUT2D eigenvalue weighted by atomic mass is 32.1. The molecule has 1 N–H and O–H groups in total. The van der Waals surface area contributed by atoms with Gasteiger partial charge in [0.25, 0.3) is 5.91 Å². The van der Waals surface area contributed by atoms with Crippen molar-refractivity contribution in [1.29, 1.82) is 0 Å². The van der Waals surface area contributed by atoms with Crippen molar-refractivity contribution in [2.75, 3.05) is 27.9 Å². The smallest absolute Gasteiger partial charge is 0.251 e. The van der Waals surface area contributed by atoms with E-state index in [2.05, 4.69) is 10.4 Å². The van der Waals surface area contributed by atoms with Gasteiger partial charge in [-0.3, -0.25) is 9.48 Å². The predicted molar refractivity (Wildman–Crippen MR) is 109 cm³/mol. The topological polar surface area (TPSA) is 74.6 Å². The first-order valence-electron chi connectivity index (χ1n) is 8.74. The number of amides is 1. The number of hydrogen-bond donors (Lipinski definition) is 1. The quantitative estimate of drug-likeness (QED) is 0.626. The van der Waals surface area contributed by atoms with Crippen molar-refractivity contribution in [3.63, 3.8) is 0 Å². The van der Waals surface area contributed by atoms with Crippen LogP contribution in [-0.2, 0) is 6.54 Å². The lowest BCUT2D eigenvalue weighted by atomic mass is 10.1. The van der Waals surface area contributed by atoms with Gasteiger partial charge in [-0.15, -0.1) is 11.3 Å². The molecule has 0 saturated heterocycles. The minimum Gasteiger partial charge on any atom is -0.493 e. The van der Waals surface area contributed by atoms with Gasteiger partial charge in [0.2, 0.25) is 5.75 Å². The first-order valence-corrected chi connectivity index (χ1v) is 9.62. The summed E-state index contributed by atoms with van der Waals surface area (Å²) in [4.78, 5) is 13.7. The molecular formula is C20H23N3O4S. The maximum Gasteiger partial charge on any atom is 0.251 e. The molecule has 0 fully saturated rings. The van der Waals surface area contributed by atoms with Crippen molar-refractivity contribution in [3.8, 4) is 27.8 Å². The first-order chi connectivity index (χ1) is 13.6. The van der Waals surface area contributed by atoms with E-state index >= 15 is 0 Å². The molecule has 0 aliphatic rings. The molecule has 0 aliphatic carbocycles. The van der Waals surface area contributed by atoms with Crippen molar-refractivity contribution in [1.82, 2.24) is 15.1 Å². The minimum absolute atomic E-state index is 0.220. The van der Waals surface area contributed by atoms with Crippen LogP contribution in [0.15, 0.2) is 35.7 Å². The summed E-state index contributed by atoms with van der Waals surface area (Å²) < 4.78 is 17.8. The van der Waals surface area contributed by atoms with Crippen LogP contribution in [0.5, 0.6) is 17.2 Å². The molecule has 7 nitrogen and oxygen atoms in total. The Kier molecular flexibility index (Phi) is 6.20. The third-order valence-corrected chi connectivity index (χ3v) is 5.18. The second kappa shape index (κ2) is 8.79. The summed E-state index contributed by atoms with van der Waals surface area (Å²) in [6, 6.07) is 9.36. The second-order valence-electron chi connectivity index (χ2n) is 6.04. The molecule has 2 aromatic heterocycles. The van der Waals surface area contributed by atoms with Crippen molar-refractivity contribution in [3.05, 3.63) is 47.0 Å². The van der Waals surface area contributed by atoms with Gasteiger partial charge in [0.05, 0.1) is 32.8 Å². The van der Waals surface area contributed by atoms with E-state index in [4.69, 9.17) is 14.2 Å². The highest BCUT2D eigenvalue weighted by Gasteiger charge is 2.17. The van der Waals surface area contributed by atoms with Crippen molar-refractivity contribution < 1.29 is 19.0 Å². The molecule has 3 rings (SSSR count). The van der Waals surface area contributed by atoms with Crippen LogP contribution in [0, 0.1) is 6.92 Å². The SMILES string of the molecule is COc1cc(C(=O)NCCn2nc(-c3cccs3)cc2C)cc(OC)c1OC. The fourth-order valence-corrected chi connectivity index (χ4v) is 3.55. The van der Waals surface area contributed by atoms with Gasteiger partial charge in [0.1, 0.15) is 5.69 Å². The van der Waals surface area contributed by atoms with Gasteiger partial charge < -0.3 is 19.5 Å². The van der Waals surface area contributed by atoms with Crippen molar-refractivity contribution >= 4 is 17.2 Å². The molecule has 0 radical (unpaired) electrons. The Morgan fingerprint density at radius 2 is 1.86 bits per heavy atom. The molecule has 0 spiro atoms. The lowest BCUT2D eigenvalue weighted by Crippen LogP contribution is -2.27. The maximum atomic E-state index is 12.6. The summed E-state index contributed by atoms with van der Waals surface area (Å²) in [5.41, 5.74) is 2.43. The van der Waals surface area contributed by atoms with E-state index < -0.39 is 0 Å². The van der Waals surface area contributed by atoms with E-state index in [0.29, 0.717) is 35.9 Å². The highest BCUT2D eigenvalue weighted by Crippen LogP contribution is 2.38. The first kappa shape index (κ1) is 19.8. The van der Waals surface area contributed by atoms with E-state index in [1.54, 1.807) is 23.5 Å². The molecule has 0 bridgehead atoms. The highest BCUT2D eigenvalue weighted by molar-refractivity contribution is 7.13. The zero-order valence-electron chi connectivity index (χ0n) is 16.3. The number of ether oxygens (including phenoxy) is 3. The number of aromatic nitrogens is 2. The fraction of sp³-hybridized carbons (Fsp3) is 0.300.